The van der Waals surface area contributed by atoms with E-state index >= 15 is 0 Å². The molecule has 4 nitrogen and oxygen atoms in total. The molecule has 0 amide bonds. The summed E-state index contributed by atoms with van der Waals surface area (Å²) in [5, 5.41) is 0.972. The minimum atomic E-state index is -3.64. The van der Waals surface area contributed by atoms with Gasteiger partial charge in [0.15, 0.2) is 0 Å². The Labute approximate surface area is 165 Å². The van der Waals surface area contributed by atoms with E-state index in [1.807, 2.05) is 26.0 Å². The lowest BCUT2D eigenvalue weighted by Crippen LogP contribution is -2.23. The van der Waals surface area contributed by atoms with Gasteiger partial charge in [0.25, 0.3) is 0 Å². The molecule has 0 aliphatic carbocycles. The molecule has 0 spiro atoms. The van der Waals surface area contributed by atoms with E-state index in [0.29, 0.717) is 35.3 Å². The second-order valence-electron chi connectivity index (χ2n) is 6.08. The Morgan fingerprint density at radius 1 is 0.714 bits per heavy atom. The molecule has 0 aliphatic rings. The van der Waals surface area contributed by atoms with Crippen molar-refractivity contribution >= 4 is 23.3 Å². The first-order valence-electron chi connectivity index (χ1n) is 9.27. The minimum absolute atomic E-state index is 0.224. The van der Waals surface area contributed by atoms with Gasteiger partial charge in [-0.05, 0) is 26.0 Å². The highest BCUT2D eigenvalue weighted by Gasteiger charge is 2.39. The first-order chi connectivity index (χ1) is 13.6. The van der Waals surface area contributed by atoms with Crippen LogP contribution in [-0.4, -0.2) is 18.7 Å². The van der Waals surface area contributed by atoms with Gasteiger partial charge in [0, 0.05) is 10.6 Å². The number of carbonyl (C=O) groups is 1. The van der Waals surface area contributed by atoms with Crippen molar-refractivity contribution in [3.05, 3.63) is 84.4 Å². The Morgan fingerprint density at radius 2 is 1.14 bits per heavy atom. The van der Waals surface area contributed by atoms with Gasteiger partial charge in [0.1, 0.15) is 17.1 Å². The molecule has 0 heterocycles. The van der Waals surface area contributed by atoms with E-state index in [-0.39, 0.29) is 5.56 Å². The van der Waals surface area contributed by atoms with Gasteiger partial charge < -0.3 is 14.0 Å². The van der Waals surface area contributed by atoms with Crippen LogP contribution in [0.15, 0.2) is 78.9 Å². The average molecular weight is 394 g/mol. The molecule has 0 saturated carbocycles. The largest absolute Gasteiger partial charge is 0.493 e. The first-order valence-corrected chi connectivity index (χ1v) is 11.0. The molecule has 0 unspecified atom stereocenters. The van der Waals surface area contributed by atoms with Gasteiger partial charge in [0.2, 0.25) is 12.7 Å². The maximum Gasteiger partial charge on any atom is 0.237 e. The van der Waals surface area contributed by atoms with E-state index in [1.165, 1.54) is 0 Å². The molecule has 0 N–H and O–H groups in total. The quantitative estimate of drug-likeness (QED) is 0.523. The Bertz CT molecular complexity index is 916. The highest BCUT2D eigenvalue weighted by Crippen LogP contribution is 2.50. The van der Waals surface area contributed by atoms with Crippen molar-refractivity contribution in [3.8, 4) is 11.5 Å². The fourth-order valence-corrected chi connectivity index (χ4v) is 5.58. The molecule has 5 heteroatoms. The number of hydrogen-bond donors (Lipinski definition) is 0. The lowest BCUT2D eigenvalue weighted by molar-refractivity contribution is 0.107. The van der Waals surface area contributed by atoms with Crippen molar-refractivity contribution in [1.29, 1.82) is 0 Å². The molecule has 0 fully saturated rings. The summed E-state index contributed by atoms with van der Waals surface area (Å²) in [6, 6.07) is 22.9. The highest BCUT2D eigenvalue weighted by atomic mass is 31.2. The van der Waals surface area contributed by atoms with E-state index in [1.54, 1.807) is 66.7 Å². The van der Waals surface area contributed by atoms with Crippen LogP contribution in [0.3, 0.4) is 0 Å². The maximum atomic E-state index is 14.4. The summed E-state index contributed by atoms with van der Waals surface area (Å²) in [7, 11) is -3.64. The second-order valence-corrected chi connectivity index (χ2v) is 8.74. The molecule has 3 rings (SSSR count). The third-order valence-corrected chi connectivity index (χ3v) is 7.17. The van der Waals surface area contributed by atoms with Crippen LogP contribution in [0, 0.1) is 0 Å². The lowest BCUT2D eigenvalue weighted by atomic mass is 10.2. The fourth-order valence-electron chi connectivity index (χ4n) is 3.09. The molecule has 0 aliphatic heterocycles. The summed E-state index contributed by atoms with van der Waals surface area (Å²) in [5.41, 5.74) is -0.264. The average Bonchev–Trinajstić information content (AvgIpc) is 2.75. The summed E-state index contributed by atoms with van der Waals surface area (Å²) < 4.78 is 25.7. The predicted octanol–water partition coefficient (Wildman–Crippen LogP) is 4.64. The van der Waals surface area contributed by atoms with E-state index < -0.39 is 12.7 Å². The summed E-state index contributed by atoms with van der Waals surface area (Å²) in [6.45, 7) is 4.46. The molecule has 0 bridgehead atoms. The molecule has 0 radical (unpaired) electrons. The number of carbonyl (C=O) groups excluding carboxylic acids is 1. The van der Waals surface area contributed by atoms with Gasteiger partial charge in [-0.15, -0.1) is 0 Å². The molecule has 3 aromatic carbocycles. The van der Waals surface area contributed by atoms with Crippen LogP contribution < -0.4 is 20.1 Å². The van der Waals surface area contributed by atoms with Gasteiger partial charge in [-0.1, -0.05) is 66.7 Å². The third kappa shape index (κ3) is 3.74. The van der Waals surface area contributed by atoms with Crippen molar-refractivity contribution in [1.82, 2.24) is 0 Å². The SMILES string of the molecule is CCOc1cccc(OCC)c1C(=O)P(=O)(c1ccccc1)c1ccccc1. The second kappa shape index (κ2) is 8.90. The maximum absolute atomic E-state index is 14.4. The zero-order valence-electron chi connectivity index (χ0n) is 16.0. The van der Waals surface area contributed by atoms with Gasteiger partial charge in [-0.25, -0.2) is 0 Å². The fraction of sp³-hybridized carbons (Fsp3) is 0.174. The molecule has 0 atom stereocenters. The summed E-state index contributed by atoms with van der Waals surface area (Å²) >= 11 is 0. The summed E-state index contributed by atoms with van der Waals surface area (Å²) in [4.78, 5) is 13.8. The molecular formula is C23H23O4P. The van der Waals surface area contributed by atoms with Crippen molar-refractivity contribution in [2.45, 2.75) is 13.8 Å². The summed E-state index contributed by atoms with van der Waals surface area (Å²) in [5.74, 6) is 0.760. The topological polar surface area (TPSA) is 52.6 Å². The summed E-state index contributed by atoms with van der Waals surface area (Å²) in [6.07, 6.45) is 0. The zero-order chi connectivity index (χ0) is 20.0. The van der Waals surface area contributed by atoms with E-state index in [4.69, 9.17) is 9.47 Å². The monoisotopic (exact) mass is 394 g/mol. The van der Waals surface area contributed by atoms with E-state index in [2.05, 4.69) is 0 Å². The van der Waals surface area contributed by atoms with Crippen LogP contribution >= 0.6 is 7.14 Å². The van der Waals surface area contributed by atoms with Crippen molar-refractivity contribution in [2.24, 2.45) is 0 Å². The molecule has 3 aromatic rings. The highest BCUT2D eigenvalue weighted by molar-refractivity contribution is 7.93. The van der Waals surface area contributed by atoms with Crippen molar-refractivity contribution in [2.75, 3.05) is 13.2 Å². The predicted molar refractivity (Wildman–Crippen MR) is 113 cm³/mol. The Kier molecular flexibility index (Phi) is 6.33. The van der Waals surface area contributed by atoms with Gasteiger partial charge >= 0.3 is 0 Å². The number of rotatable bonds is 8. The number of hydrogen-bond acceptors (Lipinski definition) is 4. The molecule has 28 heavy (non-hydrogen) atoms. The normalized spacial score (nSPS) is 11.1. The molecular weight excluding hydrogens is 371 g/mol. The molecule has 0 saturated heterocycles. The van der Waals surface area contributed by atoms with Crippen LogP contribution in [0.2, 0.25) is 0 Å². The van der Waals surface area contributed by atoms with E-state index in [9.17, 15) is 9.36 Å². The minimum Gasteiger partial charge on any atom is -0.493 e. The Hall–Kier alpha value is -2.84. The zero-order valence-corrected chi connectivity index (χ0v) is 16.9. The Balaban J connectivity index is 2.26. The van der Waals surface area contributed by atoms with Crippen LogP contribution in [0.1, 0.15) is 24.2 Å². The number of benzene rings is 3. The third-order valence-electron chi connectivity index (χ3n) is 4.33. The smallest absolute Gasteiger partial charge is 0.237 e. The molecule has 144 valence electrons. The van der Waals surface area contributed by atoms with Gasteiger partial charge in [0.05, 0.1) is 13.2 Å². The first kappa shape index (κ1) is 19.9. The van der Waals surface area contributed by atoms with Crippen LogP contribution in [-0.2, 0) is 4.57 Å². The Morgan fingerprint density at radius 3 is 1.54 bits per heavy atom. The van der Waals surface area contributed by atoms with E-state index in [0.717, 1.165) is 0 Å². The van der Waals surface area contributed by atoms with Gasteiger partial charge in [-0.3, -0.25) is 4.79 Å². The standard InChI is InChI=1S/C23H23O4P/c1-3-26-20-16-11-17-21(27-4-2)22(20)23(24)28(25,18-12-7-5-8-13-18)19-14-9-6-10-15-19/h5-17H,3-4H2,1-2H3. The van der Waals surface area contributed by atoms with Gasteiger partial charge in [-0.2, -0.15) is 0 Å². The van der Waals surface area contributed by atoms with Crippen LogP contribution in [0.25, 0.3) is 0 Å². The van der Waals surface area contributed by atoms with Crippen molar-refractivity contribution < 1.29 is 18.8 Å². The molecule has 0 aromatic heterocycles. The van der Waals surface area contributed by atoms with Crippen molar-refractivity contribution in [3.63, 3.8) is 0 Å². The van der Waals surface area contributed by atoms with Crippen LogP contribution in [0.4, 0.5) is 0 Å². The van der Waals surface area contributed by atoms with Crippen LogP contribution in [0.5, 0.6) is 11.5 Å². The number of ether oxygens (including phenoxy) is 2. The lowest BCUT2D eigenvalue weighted by Gasteiger charge is -2.21.